The second kappa shape index (κ2) is 7.26. The largest absolute Gasteiger partial charge is 0.305 e. The van der Waals surface area contributed by atoms with Crippen molar-refractivity contribution in [3.63, 3.8) is 0 Å². The highest BCUT2D eigenvalue weighted by Gasteiger charge is 2.19. The van der Waals surface area contributed by atoms with E-state index in [1.165, 1.54) is 6.07 Å². The fraction of sp³-hybridized carbons (Fsp3) is 0.467. The van der Waals surface area contributed by atoms with Crippen molar-refractivity contribution in [1.82, 2.24) is 20.3 Å². The fourth-order valence-corrected chi connectivity index (χ4v) is 2.25. The molecule has 0 saturated heterocycles. The van der Waals surface area contributed by atoms with Crippen LogP contribution in [-0.2, 0) is 6.54 Å². The highest BCUT2D eigenvalue weighted by atomic mass is 19.2. The first-order chi connectivity index (χ1) is 10.2. The molecule has 0 saturated carbocycles. The van der Waals surface area contributed by atoms with Crippen molar-refractivity contribution in [3.05, 3.63) is 47.3 Å². The van der Waals surface area contributed by atoms with E-state index >= 15 is 0 Å². The van der Waals surface area contributed by atoms with Crippen LogP contribution in [0.25, 0.3) is 0 Å². The smallest absolute Gasteiger partial charge is 0.159 e. The van der Waals surface area contributed by atoms with Crippen molar-refractivity contribution >= 4 is 0 Å². The zero-order valence-electron chi connectivity index (χ0n) is 12.3. The Hall–Kier alpha value is -1.82. The number of benzene rings is 1. The summed E-state index contributed by atoms with van der Waals surface area (Å²) in [6.07, 6.45) is 3.54. The van der Waals surface area contributed by atoms with E-state index in [0.717, 1.165) is 37.7 Å². The zero-order chi connectivity index (χ0) is 15.2. The highest BCUT2D eigenvalue weighted by molar-refractivity contribution is 5.28. The summed E-state index contributed by atoms with van der Waals surface area (Å²) in [5, 5.41) is 11.3. The predicted molar refractivity (Wildman–Crippen MR) is 76.8 cm³/mol. The second-order valence-corrected chi connectivity index (χ2v) is 4.94. The molecule has 1 aromatic carbocycles. The molecule has 114 valence electrons. The van der Waals surface area contributed by atoms with Crippen LogP contribution in [0, 0.1) is 11.6 Å². The normalized spacial score (nSPS) is 12.6. The number of aromatic nitrogens is 3. The Kier molecular flexibility index (Phi) is 5.38. The molecule has 0 aliphatic carbocycles. The lowest BCUT2D eigenvalue weighted by Gasteiger charge is -2.20. The Bertz CT molecular complexity index is 583. The van der Waals surface area contributed by atoms with Crippen LogP contribution >= 0.6 is 0 Å². The summed E-state index contributed by atoms with van der Waals surface area (Å²) in [7, 11) is 0. The number of rotatable bonds is 7. The third-order valence-corrected chi connectivity index (χ3v) is 3.25. The molecule has 1 heterocycles. The molecule has 0 aliphatic rings. The Morgan fingerprint density at radius 2 is 2.00 bits per heavy atom. The molecule has 0 fully saturated rings. The third-order valence-electron chi connectivity index (χ3n) is 3.25. The highest BCUT2D eigenvalue weighted by Crippen LogP contribution is 2.23. The number of nitrogens with zero attached hydrogens (tertiary/aromatic N) is 3. The van der Waals surface area contributed by atoms with Gasteiger partial charge in [0.05, 0.1) is 17.9 Å². The standard InChI is InChI=1S/C15H20F2N4/c1-3-7-18-15(11-5-6-12(16)13(17)9-11)14-10-19-20-21(14)8-4-2/h5-6,9-10,15,18H,3-4,7-8H2,1-2H3. The predicted octanol–water partition coefficient (Wildman–Crippen LogP) is 3.06. The van der Waals surface area contributed by atoms with E-state index in [0.29, 0.717) is 5.56 Å². The van der Waals surface area contributed by atoms with Crippen LogP contribution in [0.4, 0.5) is 8.78 Å². The first-order valence-corrected chi connectivity index (χ1v) is 7.24. The summed E-state index contributed by atoms with van der Waals surface area (Å²) in [4.78, 5) is 0. The molecule has 0 radical (unpaired) electrons. The maximum atomic E-state index is 13.5. The SMILES string of the molecule is CCCNC(c1ccc(F)c(F)c1)c1cnnn1CCC. The Labute approximate surface area is 123 Å². The Morgan fingerprint density at radius 1 is 1.19 bits per heavy atom. The van der Waals surface area contributed by atoms with Crippen molar-refractivity contribution in [2.45, 2.75) is 39.3 Å². The molecule has 1 atom stereocenters. The summed E-state index contributed by atoms with van der Waals surface area (Å²) in [5.74, 6) is -1.68. The van der Waals surface area contributed by atoms with E-state index in [2.05, 4.69) is 29.5 Å². The molecule has 6 heteroatoms. The van der Waals surface area contributed by atoms with E-state index in [4.69, 9.17) is 0 Å². The van der Waals surface area contributed by atoms with Gasteiger partial charge in [-0.25, -0.2) is 13.5 Å². The van der Waals surface area contributed by atoms with Crippen LogP contribution in [0.2, 0.25) is 0 Å². The number of nitrogens with one attached hydrogen (secondary N) is 1. The summed E-state index contributed by atoms with van der Waals surface area (Å²) in [6, 6.07) is 3.72. The van der Waals surface area contributed by atoms with Crippen molar-refractivity contribution in [2.24, 2.45) is 0 Å². The molecule has 0 aliphatic heterocycles. The van der Waals surface area contributed by atoms with Crippen LogP contribution < -0.4 is 5.32 Å². The molecule has 21 heavy (non-hydrogen) atoms. The summed E-state index contributed by atoms with van der Waals surface area (Å²) < 4.78 is 28.4. The maximum absolute atomic E-state index is 13.5. The van der Waals surface area contributed by atoms with Gasteiger partial charge in [-0.1, -0.05) is 25.1 Å². The van der Waals surface area contributed by atoms with Gasteiger partial charge in [0.15, 0.2) is 11.6 Å². The lowest BCUT2D eigenvalue weighted by Crippen LogP contribution is -2.26. The molecule has 1 aromatic heterocycles. The van der Waals surface area contributed by atoms with Gasteiger partial charge in [0, 0.05) is 6.54 Å². The van der Waals surface area contributed by atoms with Gasteiger partial charge in [0.25, 0.3) is 0 Å². The molecule has 0 bridgehead atoms. The maximum Gasteiger partial charge on any atom is 0.159 e. The van der Waals surface area contributed by atoms with Gasteiger partial charge >= 0.3 is 0 Å². The van der Waals surface area contributed by atoms with E-state index in [1.54, 1.807) is 16.9 Å². The Balaban J connectivity index is 2.37. The zero-order valence-corrected chi connectivity index (χ0v) is 12.3. The van der Waals surface area contributed by atoms with Gasteiger partial charge in [-0.15, -0.1) is 5.10 Å². The van der Waals surface area contributed by atoms with E-state index in [1.807, 2.05) is 0 Å². The molecular formula is C15H20F2N4. The minimum absolute atomic E-state index is 0.249. The number of halogens is 2. The number of hydrogen-bond donors (Lipinski definition) is 1. The van der Waals surface area contributed by atoms with E-state index < -0.39 is 11.6 Å². The molecular weight excluding hydrogens is 274 g/mol. The van der Waals surface area contributed by atoms with Crippen molar-refractivity contribution in [2.75, 3.05) is 6.54 Å². The molecule has 2 aromatic rings. The minimum Gasteiger partial charge on any atom is -0.305 e. The monoisotopic (exact) mass is 294 g/mol. The molecule has 0 amide bonds. The fourth-order valence-electron chi connectivity index (χ4n) is 2.25. The van der Waals surface area contributed by atoms with Crippen molar-refractivity contribution in [3.8, 4) is 0 Å². The van der Waals surface area contributed by atoms with Crippen LogP contribution in [0.1, 0.15) is 44.0 Å². The third kappa shape index (κ3) is 3.64. The summed E-state index contributed by atoms with van der Waals surface area (Å²) in [5.41, 5.74) is 1.53. The van der Waals surface area contributed by atoms with Crippen molar-refractivity contribution in [1.29, 1.82) is 0 Å². The van der Waals surface area contributed by atoms with E-state index in [9.17, 15) is 8.78 Å². The van der Waals surface area contributed by atoms with Crippen LogP contribution in [-0.4, -0.2) is 21.5 Å². The van der Waals surface area contributed by atoms with Crippen LogP contribution in [0.15, 0.2) is 24.4 Å². The lowest BCUT2D eigenvalue weighted by atomic mass is 10.0. The quantitative estimate of drug-likeness (QED) is 0.853. The van der Waals surface area contributed by atoms with Gasteiger partial charge in [0.2, 0.25) is 0 Å². The molecule has 2 rings (SSSR count). The van der Waals surface area contributed by atoms with Gasteiger partial charge in [-0.05, 0) is 37.1 Å². The van der Waals surface area contributed by atoms with Crippen molar-refractivity contribution < 1.29 is 8.78 Å². The van der Waals surface area contributed by atoms with Crippen LogP contribution in [0.5, 0.6) is 0 Å². The summed E-state index contributed by atoms with van der Waals surface area (Å²) >= 11 is 0. The first kappa shape index (κ1) is 15.6. The summed E-state index contributed by atoms with van der Waals surface area (Å²) in [6.45, 7) is 5.61. The number of aryl methyl sites for hydroxylation is 1. The van der Waals surface area contributed by atoms with Gasteiger partial charge < -0.3 is 5.32 Å². The lowest BCUT2D eigenvalue weighted by molar-refractivity contribution is 0.489. The van der Waals surface area contributed by atoms with Gasteiger partial charge in [-0.3, -0.25) is 0 Å². The topological polar surface area (TPSA) is 42.7 Å². The molecule has 0 spiro atoms. The number of hydrogen-bond acceptors (Lipinski definition) is 3. The average Bonchev–Trinajstić information content (AvgIpc) is 2.92. The van der Waals surface area contributed by atoms with Gasteiger partial charge in [-0.2, -0.15) is 0 Å². The first-order valence-electron chi connectivity index (χ1n) is 7.24. The second-order valence-electron chi connectivity index (χ2n) is 4.94. The molecule has 1 N–H and O–H groups in total. The average molecular weight is 294 g/mol. The van der Waals surface area contributed by atoms with Crippen LogP contribution in [0.3, 0.4) is 0 Å². The minimum atomic E-state index is -0.842. The van der Waals surface area contributed by atoms with Gasteiger partial charge in [0.1, 0.15) is 0 Å². The molecule has 4 nitrogen and oxygen atoms in total. The van der Waals surface area contributed by atoms with E-state index in [-0.39, 0.29) is 6.04 Å². The molecule has 1 unspecified atom stereocenters. The Morgan fingerprint density at radius 3 is 2.67 bits per heavy atom.